The van der Waals surface area contributed by atoms with Crippen LogP contribution in [0.1, 0.15) is 11.1 Å². The minimum Gasteiger partial charge on any atom is -0.358 e. The molecule has 0 spiro atoms. The molecule has 3 rings (SSSR count). The molecule has 2 aromatic carbocycles. The van der Waals surface area contributed by atoms with Crippen LogP contribution in [0.4, 0.5) is 0 Å². The van der Waals surface area contributed by atoms with E-state index in [-0.39, 0.29) is 30.5 Å². The predicted octanol–water partition coefficient (Wildman–Crippen LogP) is 3.13. The summed E-state index contributed by atoms with van der Waals surface area (Å²) < 4.78 is 0. The molecule has 0 amide bonds. The first-order chi connectivity index (χ1) is 6.45. The van der Waals surface area contributed by atoms with E-state index in [9.17, 15) is 0 Å². The fourth-order valence-corrected chi connectivity index (χ4v) is 2.00. The molecule has 0 fully saturated rings. The van der Waals surface area contributed by atoms with Gasteiger partial charge in [-0.05, 0) is 6.42 Å². The van der Waals surface area contributed by atoms with E-state index in [1.165, 1.54) is 22.3 Å². The van der Waals surface area contributed by atoms with Gasteiger partial charge in [0.15, 0.2) is 0 Å². The number of rotatable bonds is 0. The first-order valence-electron chi connectivity index (χ1n) is 4.53. The Morgan fingerprint density at radius 3 is 2.53 bits per heavy atom. The maximum Gasteiger partial charge on any atom is 2.00 e. The Labute approximate surface area is 107 Å². The van der Waals surface area contributed by atoms with Crippen LogP contribution in [-0.2, 0) is 6.42 Å². The summed E-state index contributed by atoms with van der Waals surface area (Å²) in [6, 6.07) is 18.1. The van der Waals surface area contributed by atoms with Gasteiger partial charge in [-0.25, -0.2) is 0 Å². The molecule has 0 N–H and O–H groups in total. The normalized spacial score (nSPS) is 10.7. The second-order valence-electron chi connectivity index (χ2n) is 3.40. The number of fused-ring (bicyclic) bond motifs is 3. The van der Waals surface area contributed by atoms with E-state index in [0.29, 0.717) is 0 Å². The van der Waals surface area contributed by atoms with E-state index < -0.39 is 0 Å². The van der Waals surface area contributed by atoms with E-state index in [1.807, 2.05) is 6.07 Å². The van der Waals surface area contributed by atoms with E-state index in [2.05, 4.69) is 42.5 Å². The minimum absolute atomic E-state index is 0. The Balaban J connectivity index is 0.000000562. The molecule has 70 valence electrons. The smallest absolute Gasteiger partial charge is 0.358 e. The Bertz CT molecular complexity index is 417. The van der Waals surface area contributed by atoms with Crippen LogP contribution in [0.15, 0.2) is 42.5 Å². The Morgan fingerprint density at radius 1 is 0.933 bits per heavy atom. The van der Waals surface area contributed by atoms with E-state index in [0.717, 1.165) is 6.42 Å². The van der Waals surface area contributed by atoms with Gasteiger partial charge in [0.05, 0.1) is 0 Å². The van der Waals surface area contributed by atoms with Crippen LogP contribution < -0.4 is 0 Å². The summed E-state index contributed by atoms with van der Waals surface area (Å²) in [6.07, 6.45) is 1.05. The summed E-state index contributed by atoms with van der Waals surface area (Å²) in [7, 11) is 0. The maximum atomic E-state index is 3.30. The average molecular weight is 205 g/mol. The van der Waals surface area contributed by atoms with Gasteiger partial charge in [0.1, 0.15) is 0 Å². The first kappa shape index (κ1) is 12.3. The van der Waals surface area contributed by atoms with Crippen molar-refractivity contribution < 1.29 is 0 Å². The van der Waals surface area contributed by atoms with E-state index in [4.69, 9.17) is 0 Å². The molecule has 1 aliphatic carbocycles. The molecule has 0 bridgehead atoms. The average Bonchev–Trinajstić information content (AvgIpc) is 2.56. The topological polar surface area (TPSA) is 0 Å². The molecular formula is C14H12Mg. The summed E-state index contributed by atoms with van der Waals surface area (Å²) >= 11 is 0. The molecule has 0 saturated carbocycles. The fourth-order valence-electron chi connectivity index (χ4n) is 2.00. The van der Waals surface area contributed by atoms with Crippen molar-refractivity contribution in [3.63, 3.8) is 0 Å². The molecule has 2 aromatic rings. The fraction of sp³-hybridized carbons (Fsp3) is 0.0714. The van der Waals surface area contributed by atoms with Crippen molar-refractivity contribution in [2.45, 2.75) is 6.42 Å². The summed E-state index contributed by atoms with van der Waals surface area (Å²) in [5.74, 6) is 0. The maximum absolute atomic E-state index is 3.30. The molecule has 0 atom stereocenters. The van der Waals surface area contributed by atoms with Crippen molar-refractivity contribution >= 4 is 23.1 Å². The molecule has 0 unspecified atom stereocenters. The van der Waals surface area contributed by atoms with E-state index in [1.54, 1.807) is 0 Å². The summed E-state index contributed by atoms with van der Waals surface area (Å²) in [6.45, 7) is 0. The molecule has 0 heterocycles. The molecule has 0 aromatic heterocycles. The Kier molecular flexibility index (Phi) is 3.94. The molecule has 0 radical (unpaired) electrons. The Hall–Kier alpha value is -0.794. The monoisotopic (exact) mass is 204 g/mol. The van der Waals surface area contributed by atoms with Gasteiger partial charge in [-0.3, -0.25) is 0 Å². The van der Waals surface area contributed by atoms with E-state index >= 15 is 0 Å². The summed E-state index contributed by atoms with van der Waals surface area (Å²) in [5, 5.41) is 0. The molecular weight excluding hydrogens is 192 g/mol. The second-order valence-corrected chi connectivity index (χ2v) is 3.40. The summed E-state index contributed by atoms with van der Waals surface area (Å²) in [5.41, 5.74) is 5.51. The van der Waals surface area contributed by atoms with Crippen molar-refractivity contribution in [2.75, 3.05) is 0 Å². The van der Waals surface area contributed by atoms with Crippen molar-refractivity contribution in [1.82, 2.24) is 0 Å². The number of hydrogen-bond acceptors (Lipinski definition) is 0. The van der Waals surface area contributed by atoms with Crippen LogP contribution in [-0.4, -0.2) is 23.1 Å². The Morgan fingerprint density at radius 2 is 1.67 bits per heavy atom. The third kappa shape index (κ3) is 1.94. The molecule has 1 heteroatoms. The standard InChI is InChI=1S/C13H9.CH3.Mg/c1-3-7-12-10(5-1)9-11-6-2-4-8-13(11)12;;/h1-5,7-8H,9H2;1H3;/q2*-1;+2. The second kappa shape index (κ2) is 4.82. The van der Waals surface area contributed by atoms with Crippen molar-refractivity contribution in [2.24, 2.45) is 0 Å². The van der Waals surface area contributed by atoms with Gasteiger partial charge in [0.25, 0.3) is 0 Å². The van der Waals surface area contributed by atoms with Gasteiger partial charge in [-0.15, -0.1) is 5.56 Å². The zero-order valence-electron chi connectivity index (χ0n) is 8.96. The number of hydrogen-bond donors (Lipinski definition) is 0. The molecule has 0 nitrogen and oxygen atoms in total. The molecule has 0 aliphatic heterocycles. The van der Waals surface area contributed by atoms with Gasteiger partial charge in [0, 0.05) is 0 Å². The SMILES string of the molecule is [CH3-].[Mg+2].[c-]1cccc2c1Cc1ccccc1-2. The third-order valence-corrected chi connectivity index (χ3v) is 2.62. The van der Waals surface area contributed by atoms with Gasteiger partial charge in [0.2, 0.25) is 0 Å². The van der Waals surface area contributed by atoms with Crippen LogP contribution in [0.2, 0.25) is 0 Å². The third-order valence-electron chi connectivity index (χ3n) is 2.62. The van der Waals surface area contributed by atoms with Crippen LogP contribution in [0, 0.1) is 13.5 Å². The molecule has 15 heavy (non-hydrogen) atoms. The van der Waals surface area contributed by atoms with Crippen LogP contribution in [0.3, 0.4) is 0 Å². The van der Waals surface area contributed by atoms with Gasteiger partial charge in [-0.1, -0.05) is 35.4 Å². The summed E-state index contributed by atoms with van der Waals surface area (Å²) in [4.78, 5) is 0. The van der Waals surface area contributed by atoms with Crippen LogP contribution >= 0.6 is 0 Å². The van der Waals surface area contributed by atoms with Crippen molar-refractivity contribution in [3.8, 4) is 11.1 Å². The predicted molar refractivity (Wildman–Crippen MR) is 65.7 cm³/mol. The largest absolute Gasteiger partial charge is 2.00 e. The van der Waals surface area contributed by atoms with Crippen molar-refractivity contribution in [3.05, 3.63) is 67.1 Å². The van der Waals surface area contributed by atoms with Crippen molar-refractivity contribution in [1.29, 1.82) is 0 Å². The van der Waals surface area contributed by atoms with Crippen LogP contribution in [0.25, 0.3) is 11.1 Å². The molecule has 1 aliphatic rings. The first-order valence-corrected chi connectivity index (χ1v) is 4.53. The van der Waals surface area contributed by atoms with Gasteiger partial charge >= 0.3 is 23.1 Å². The quantitative estimate of drug-likeness (QED) is 0.390. The number of benzene rings is 2. The zero-order chi connectivity index (χ0) is 8.67. The zero-order valence-corrected chi connectivity index (χ0v) is 10.4. The van der Waals surface area contributed by atoms with Gasteiger partial charge < -0.3 is 7.43 Å². The van der Waals surface area contributed by atoms with Crippen LogP contribution in [0.5, 0.6) is 0 Å². The molecule has 0 saturated heterocycles. The minimum atomic E-state index is 0. The van der Waals surface area contributed by atoms with Gasteiger partial charge in [-0.2, -0.15) is 29.8 Å².